The minimum absolute atomic E-state index is 0.125. The van der Waals surface area contributed by atoms with Crippen molar-refractivity contribution in [1.82, 2.24) is 4.90 Å². The molecule has 1 unspecified atom stereocenters. The number of rotatable bonds is 5. The Morgan fingerprint density at radius 1 is 1.36 bits per heavy atom. The highest BCUT2D eigenvalue weighted by atomic mass is 32.1. The van der Waals surface area contributed by atoms with Crippen LogP contribution in [0.5, 0.6) is 0 Å². The standard InChI is InChI=1S/C17H17FN4O2S/c1-21(10-13-3-2-8-25-13)17(24)14-9-15(16(19)23)22(20-14)12-6-4-11(18)5-7-12/h2-8,15H,9-10H2,1H3,(H2,19,23). The number of benzene rings is 1. The van der Waals surface area contributed by atoms with Gasteiger partial charge in [0.2, 0.25) is 5.91 Å². The number of amides is 2. The molecule has 25 heavy (non-hydrogen) atoms. The first-order valence-electron chi connectivity index (χ1n) is 7.65. The van der Waals surface area contributed by atoms with Gasteiger partial charge in [0.05, 0.1) is 12.2 Å². The first-order chi connectivity index (χ1) is 12.0. The van der Waals surface area contributed by atoms with E-state index in [1.54, 1.807) is 23.3 Å². The molecule has 0 spiro atoms. The van der Waals surface area contributed by atoms with Crippen molar-refractivity contribution in [1.29, 1.82) is 0 Å². The third-order valence-electron chi connectivity index (χ3n) is 3.90. The van der Waals surface area contributed by atoms with E-state index in [0.29, 0.717) is 12.2 Å². The zero-order chi connectivity index (χ0) is 18.0. The Labute approximate surface area is 148 Å². The van der Waals surface area contributed by atoms with Crippen LogP contribution in [0.1, 0.15) is 11.3 Å². The Kier molecular flexibility index (Phi) is 4.80. The Morgan fingerprint density at radius 2 is 2.08 bits per heavy atom. The van der Waals surface area contributed by atoms with Gasteiger partial charge in [-0.25, -0.2) is 4.39 Å². The summed E-state index contributed by atoms with van der Waals surface area (Å²) in [5.74, 6) is -1.24. The number of anilines is 1. The summed E-state index contributed by atoms with van der Waals surface area (Å²) in [7, 11) is 1.68. The Hall–Kier alpha value is -2.74. The van der Waals surface area contributed by atoms with Gasteiger partial charge >= 0.3 is 0 Å². The average molecular weight is 360 g/mol. The third-order valence-corrected chi connectivity index (χ3v) is 4.76. The summed E-state index contributed by atoms with van der Waals surface area (Å²) in [6.45, 7) is 0.466. The molecule has 0 saturated carbocycles. The molecule has 0 bridgehead atoms. The number of hydrogen-bond donors (Lipinski definition) is 1. The van der Waals surface area contributed by atoms with Crippen LogP contribution in [0.2, 0.25) is 0 Å². The molecular weight excluding hydrogens is 343 g/mol. The normalized spacial score (nSPS) is 16.6. The van der Waals surface area contributed by atoms with Crippen molar-refractivity contribution in [2.24, 2.45) is 10.8 Å². The largest absolute Gasteiger partial charge is 0.368 e. The molecular formula is C17H17FN4O2S. The van der Waals surface area contributed by atoms with E-state index in [4.69, 9.17) is 5.73 Å². The molecule has 2 heterocycles. The molecule has 1 atom stereocenters. The van der Waals surface area contributed by atoms with Gasteiger partial charge in [-0.2, -0.15) is 5.10 Å². The molecule has 1 aromatic heterocycles. The predicted octanol–water partition coefficient (Wildman–Crippen LogP) is 1.97. The van der Waals surface area contributed by atoms with Crippen LogP contribution in [0.3, 0.4) is 0 Å². The number of carbonyl (C=O) groups is 2. The van der Waals surface area contributed by atoms with E-state index in [2.05, 4.69) is 5.10 Å². The van der Waals surface area contributed by atoms with Crippen molar-refractivity contribution in [2.45, 2.75) is 19.0 Å². The van der Waals surface area contributed by atoms with E-state index in [1.807, 2.05) is 17.5 Å². The Morgan fingerprint density at radius 3 is 2.68 bits per heavy atom. The van der Waals surface area contributed by atoms with Crippen LogP contribution < -0.4 is 10.7 Å². The lowest BCUT2D eigenvalue weighted by molar-refractivity contribution is -0.123. The second-order valence-electron chi connectivity index (χ2n) is 5.73. The highest BCUT2D eigenvalue weighted by Gasteiger charge is 2.36. The molecule has 8 heteroatoms. The lowest BCUT2D eigenvalue weighted by Crippen LogP contribution is -2.40. The predicted molar refractivity (Wildman–Crippen MR) is 94.7 cm³/mol. The van der Waals surface area contributed by atoms with Crippen LogP contribution >= 0.6 is 11.3 Å². The van der Waals surface area contributed by atoms with E-state index >= 15 is 0 Å². The highest BCUT2D eigenvalue weighted by molar-refractivity contribution is 7.09. The van der Waals surface area contributed by atoms with Crippen molar-refractivity contribution < 1.29 is 14.0 Å². The zero-order valence-electron chi connectivity index (χ0n) is 13.6. The van der Waals surface area contributed by atoms with Crippen molar-refractivity contribution >= 4 is 34.6 Å². The second-order valence-corrected chi connectivity index (χ2v) is 6.76. The third kappa shape index (κ3) is 3.69. The van der Waals surface area contributed by atoms with Gasteiger partial charge in [-0.3, -0.25) is 14.6 Å². The summed E-state index contributed by atoms with van der Waals surface area (Å²) >= 11 is 1.56. The van der Waals surface area contributed by atoms with Crippen LogP contribution in [-0.2, 0) is 16.1 Å². The maximum absolute atomic E-state index is 13.1. The van der Waals surface area contributed by atoms with E-state index < -0.39 is 17.8 Å². The molecule has 2 N–H and O–H groups in total. The quantitative estimate of drug-likeness (QED) is 0.885. The number of nitrogens with two attached hydrogens (primary N) is 1. The van der Waals surface area contributed by atoms with Gasteiger partial charge in [0.15, 0.2) is 0 Å². The lowest BCUT2D eigenvalue weighted by Gasteiger charge is -2.20. The number of carbonyl (C=O) groups excluding carboxylic acids is 2. The van der Waals surface area contributed by atoms with Gasteiger partial charge in [0.25, 0.3) is 5.91 Å². The van der Waals surface area contributed by atoms with Gasteiger partial charge in [-0.05, 0) is 35.7 Å². The summed E-state index contributed by atoms with van der Waals surface area (Å²) in [5, 5.41) is 7.61. The molecule has 0 fully saturated rings. The molecule has 6 nitrogen and oxygen atoms in total. The minimum Gasteiger partial charge on any atom is -0.368 e. The molecule has 2 aromatic rings. The van der Waals surface area contributed by atoms with Gasteiger partial charge in [-0.15, -0.1) is 11.3 Å². The van der Waals surface area contributed by atoms with E-state index in [0.717, 1.165) is 4.88 Å². The molecule has 2 amide bonds. The van der Waals surface area contributed by atoms with E-state index in [9.17, 15) is 14.0 Å². The fraction of sp³-hybridized carbons (Fsp3) is 0.235. The minimum atomic E-state index is -0.764. The first kappa shape index (κ1) is 17.1. The average Bonchev–Trinajstić information content (AvgIpc) is 3.24. The van der Waals surface area contributed by atoms with Gasteiger partial charge in [0.1, 0.15) is 17.6 Å². The summed E-state index contributed by atoms with van der Waals surface area (Å²) in [6.07, 6.45) is 0.125. The lowest BCUT2D eigenvalue weighted by atomic mass is 10.1. The van der Waals surface area contributed by atoms with Crippen molar-refractivity contribution in [3.8, 4) is 0 Å². The SMILES string of the molecule is CN(Cc1cccs1)C(=O)C1=NN(c2ccc(F)cc2)C(C(N)=O)C1. The number of hydrogen-bond acceptors (Lipinski definition) is 5. The maximum atomic E-state index is 13.1. The van der Waals surface area contributed by atoms with Crippen molar-refractivity contribution in [2.75, 3.05) is 12.1 Å². The maximum Gasteiger partial charge on any atom is 0.270 e. The number of thiophene rings is 1. The van der Waals surface area contributed by atoms with Crippen LogP contribution in [-0.4, -0.2) is 35.5 Å². The number of primary amides is 1. The van der Waals surface area contributed by atoms with E-state index in [1.165, 1.54) is 29.3 Å². The Balaban J connectivity index is 1.81. The molecule has 3 rings (SSSR count). The van der Waals surface area contributed by atoms with Gasteiger partial charge < -0.3 is 10.6 Å². The zero-order valence-corrected chi connectivity index (χ0v) is 14.4. The van der Waals surface area contributed by atoms with Crippen LogP contribution in [0.15, 0.2) is 46.9 Å². The smallest absolute Gasteiger partial charge is 0.270 e. The summed E-state index contributed by atoms with van der Waals surface area (Å²) < 4.78 is 13.1. The van der Waals surface area contributed by atoms with Crippen LogP contribution in [0.25, 0.3) is 0 Å². The molecule has 0 saturated heterocycles. The van der Waals surface area contributed by atoms with Crippen LogP contribution in [0.4, 0.5) is 10.1 Å². The summed E-state index contributed by atoms with van der Waals surface area (Å²) in [4.78, 5) is 27.0. The first-order valence-corrected chi connectivity index (χ1v) is 8.53. The van der Waals surface area contributed by atoms with Crippen LogP contribution in [0, 0.1) is 5.82 Å². The topological polar surface area (TPSA) is 79.0 Å². The van der Waals surface area contributed by atoms with E-state index in [-0.39, 0.29) is 18.0 Å². The fourth-order valence-corrected chi connectivity index (χ4v) is 3.38. The fourth-order valence-electron chi connectivity index (χ4n) is 2.62. The number of hydrazone groups is 1. The molecule has 1 aromatic carbocycles. The molecule has 1 aliphatic heterocycles. The molecule has 1 aliphatic rings. The number of halogens is 1. The molecule has 0 aliphatic carbocycles. The highest BCUT2D eigenvalue weighted by Crippen LogP contribution is 2.25. The monoisotopic (exact) mass is 360 g/mol. The summed E-state index contributed by atoms with van der Waals surface area (Å²) in [5.41, 5.74) is 6.22. The van der Waals surface area contributed by atoms with Crippen molar-refractivity contribution in [3.63, 3.8) is 0 Å². The second kappa shape index (κ2) is 7.02. The molecule has 0 radical (unpaired) electrons. The van der Waals surface area contributed by atoms with Gasteiger partial charge in [0, 0.05) is 18.3 Å². The Bertz CT molecular complexity index is 805. The number of nitrogens with zero attached hydrogens (tertiary/aromatic N) is 3. The summed E-state index contributed by atoms with van der Waals surface area (Å²) in [6, 6.07) is 8.64. The van der Waals surface area contributed by atoms with Crippen molar-refractivity contribution in [3.05, 3.63) is 52.5 Å². The van der Waals surface area contributed by atoms with Gasteiger partial charge in [-0.1, -0.05) is 6.07 Å². The molecule has 130 valence electrons.